The van der Waals surface area contributed by atoms with Crippen molar-refractivity contribution in [3.05, 3.63) is 59.9 Å². The van der Waals surface area contributed by atoms with E-state index in [2.05, 4.69) is 51.2 Å². The Morgan fingerprint density at radius 3 is 1.74 bits per heavy atom. The molecule has 1 fully saturated rings. The monoisotopic (exact) mass is 561 g/mol. The molecule has 1 aromatic carbocycles. The molecule has 12 heteroatoms. The maximum atomic E-state index is 9.87. The minimum absolute atomic E-state index is 0. The second kappa shape index (κ2) is 12.5. The molecule has 0 atom stereocenters. The molecule has 0 bridgehead atoms. The van der Waals surface area contributed by atoms with E-state index in [1.165, 1.54) is 50.3 Å². The number of halogens is 6. The van der Waals surface area contributed by atoms with Crippen LogP contribution < -0.4 is 4.74 Å². The van der Waals surface area contributed by atoms with Gasteiger partial charge in [-0.1, -0.05) is 18.2 Å². The van der Waals surface area contributed by atoms with Crippen LogP contribution in [0.4, 0.5) is 25.2 Å². The van der Waals surface area contributed by atoms with Crippen LogP contribution in [-0.2, 0) is 29.9 Å². The number of hydrogen-bond donors (Lipinski definition) is 0. The Morgan fingerprint density at radius 2 is 1.29 bits per heavy atom. The molecule has 4 nitrogen and oxygen atoms in total. The van der Waals surface area contributed by atoms with E-state index >= 15 is 0 Å². The molecule has 0 N–H and O–H groups in total. The van der Waals surface area contributed by atoms with Gasteiger partial charge in [-0.2, -0.15) is 0 Å². The summed E-state index contributed by atoms with van der Waals surface area (Å²) in [6.07, 6.45) is 6.58. The van der Waals surface area contributed by atoms with Crippen molar-refractivity contribution in [3.8, 4) is 5.75 Å². The van der Waals surface area contributed by atoms with E-state index < -0.39 is 7.81 Å². The summed E-state index contributed by atoms with van der Waals surface area (Å²) in [7, 11) is -8.94. The smallest absolute Gasteiger partial charge is 1.00 e. The maximum Gasteiger partial charge on any atom is 1.00 e. The number of pyridine rings is 1. The number of aromatic nitrogens is 1. The van der Waals surface area contributed by atoms with Crippen molar-refractivity contribution >= 4 is 7.81 Å². The first-order valence-electron chi connectivity index (χ1n) is 10.8. The number of nitrogens with zero attached hydrogens (tertiary/aromatic N) is 3. The molecule has 1 aromatic heterocycles. The molecule has 0 radical (unpaired) electrons. The Labute approximate surface area is 207 Å². The summed E-state index contributed by atoms with van der Waals surface area (Å²) < 4.78 is 64.4. The minimum atomic E-state index is -10.7. The van der Waals surface area contributed by atoms with Gasteiger partial charge in [-0.05, 0) is 75.3 Å². The Bertz CT molecular complexity index is 820. The van der Waals surface area contributed by atoms with Gasteiger partial charge < -0.3 is 14.5 Å². The summed E-state index contributed by atoms with van der Waals surface area (Å²) in [5, 5.41) is 0. The van der Waals surface area contributed by atoms with Crippen molar-refractivity contribution in [2.75, 3.05) is 46.4 Å². The minimum Gasteiger partial charge on any atom is 1.00 e. The second-order valence-corrected chi connectivity index (χ2v) is 9.93. The van der Waals surface area contributed by atoms with Gasteiger partial charge >= 0.3 is 50.1 Å². The van der Waals surface area contributed by atoms with Crippen LogP contribution in [-0.4, -0.2) is 61.2 Å². The van der Waals surface area contributed by atoms with E-state index in [9.17, 15) is 25.2 Å². The van der Waals surface area contributed by atoms with Crippen molar-refractivity contribution in [3.63, 3.8) is 0 Å². The standard InChI is InChI=1S/C22H31N3O.Cu.F6P/c1-26-22-9-7-20(8-10-22)11-18-24-14-4-16-25(17-5-15-24)19-12-21-6-2-3-13-23-21;;1-7(2,3,4,5)6/h2-3,6-10,13H,4-5,11-12,14-19H2,1H3;;/q;+1;-1. The first-order chi connectivity index (χ1) is 15.3. The summed E-state index contributed by atoms with van der Waals surface area (Å²) in [5.41, 5.74) is 2.60. The van der Waals surface area contributed by atoms with Crippen LogP contribution in [0.1, 0.15) is 24.1 Å². The largest absolute Gasteiger partial charge is 1.00 e. The second-order valence-electron chi connectivity index (χ2n) is 8.02. The number of rotatable bonds is 7. The molecule has 1 saturated heterocycles. The average molecular weight is 562 g/mol. The first kappa shape index (κ1) is 30.7. The van der Waals surface area contributed by atoms with E-state index in [0.29, 0.717) is 0 Å². The number of hydrogen-bond acceptors (Lipinski definition) is 4. The van der Waals surface area contributed by atoms with Crippen molar-refractivity contribution < 1.29 is 47.0 Å². The average Bonchev–Trinajstić information content (AvgIpc) is 2.71. The van der Waals surface area contributed by atoms with Gasteiger partial charge in [0.25, 0.3) is 0 Å². The van der Waals surface area contributed by atoms with E-state index in [1.54, 1.807) is 7.11 Å². The fourth-order valence-electron chi connectivity index (χ4n) is 3.60. The Morgan fingerprint density at radius 1 is 0.794 bits per heavy atom. The van der Waals surface area contributed by atoms with Gasteiger partial charge in [-0.15, -0.1) is 0 Å². The van der Waals surface area contributed by atoms with Gasteiger partial charge in [0.1, 0.15) is 5.75 Å². The van der Waals surface area contributed by atoms with Crippen molar-refractivity contribution in [2.45, 2.75) is 25.7 Å². The summed E-state index contributed by atoms with van der Waals surface area (Å²) >= 11 is 0. The third-order valence-corrected chi connectivity index (χ3v) is 5.18. The van der Waals surface area contributed by atoms with Crippen LogP contribution in [0.15, 0.2) is 48.7 Å². The van der Waals surface area contributed by atoms with Gasteiger partial charge in [-0.3, -0.25) is 4.98 Å². The van der Waals surface area contributed by atoms with Crippen molar-refractivity contribution in [1.82, 2.24) is 14.8 Å². The van der Waals surface area contributed by atoms with Gasteiger partial charge in [0.05, 0.1) is 7.11 Å². The molecule has 0 amide bonds. The topological polar surface area (TPSA) is 28.6 Å². The van der Waals surface area contributed by atoms with Crippen molar-refractivity contribution in [2.24, 2.45) is 0 Å². The van der Waals surface area contributed by atoms with Crippen LogP contribution in [0.3, 0.4) is 0 Å². The van der Waals surface area contributed by atoms with Crippen LogP contribution in [0.2, 0.25) is 0 Å². The zero-order valence-electron chi connectivity index (χ0n) is 19.0. The third kappa shape index (κ3) is 16.3. The van der Waals surface area contributed by atoms with Gasteiger partial charge in [0, 0.05) is 31.4 Å². The Hall–Kier alpha value is -1.38. The van der Waals surface area contributed by atoms with Crippen LogP contribution in [0, 0.1) is 0 Å². The van der Waals surface area contributed by atoms with E-state index in [4.69, 9.17) is 4.74 Å². The quantitative estimate of drug-likeness (QED) is 0.215. The molecule has 34 heavy (non-hydrogen) atoms. The fraction of sp³-hybridized carbons (Fsp3) is 0.500. The molecule has 0 aliphatic carbocycles. The zero-order valence-corrected chi connectivity index (χ0v) is 20.8. The number of methoxy groups -OCH3 is 1. The molecular weight excluding hydrogens is 531 g/mol. The number of ether oxygens (including phenoxy) is 1. The summed E-state index contributed by atoms with van der Waals surface area (Å²) in [4.78, 5) is 9.67. The fourth-order valence-corrected chi connectivity index (χ4v) is 3.60. The molecule has 0 spiro atoms. The Kier molecular flexibility index (Phi) is 11.3. The molecule has 0 saturated carbocycles. The van der Waals surface area contributed by atoms with Crippen molar-refractivity contribution in [1.29, 1.82) is 0 Å². The molecule has 198 valence electrons. The van der Waals surface area contributed by atoms with E-state index in [0.717, 1.165) is 31.7 Å². The summed E-state index contributed by atoms with van der Waals surface area (Å²) in [5.74, 6) is 0.936. The Balaban J connectivity index is 0.000000633. The van der Waals surface area contributed by atoms with Gasteiger partial charge in [-0.25, -0.2) is 0 Å². The molecule has 2 aromatic rings. The van der Waals surface area contributed by atoms with Gasteiger partial charge in [0.2, 0.25) is 0 Å². The summed E-state index contributed by atoms with van der Waals surface area (Å²) in [6, 6.07) is 14.7. The number of benzene rings is 1. The summed E-state index contributed by atoms with van der Waals surface area (Å²) in [6.45, 7) is 7.09. The molecule has 1 aliphatic rings. The predicted octanol–water partition coefficient (Wildman–Crippen LogP) is 6.65. The molecule has 2 heterocycles. The molecule has 3 rings (SSSR count). The van der Waals surface area contributed by atoms with E-state index in [1.807, 2.05) is 12.3 Å². The van der Waals surface area contributed by atoms with Crippen LogP contribution in [0.5, 0.6) is 5.75 Å². The molecular formula is C22H31CuF6N3OP. The molecule has 1 aliphatic heterocycles. The maximum absolute atomic E-state index is 10.7. The third-order valence-electron chi connectivity index (χ3n) is 5.18. The zero-order chi connectivity index (χ0) is 24.4. The first-order valence-corrected chi connectivity index (χ1v) is 12.9. The van der Waals surface area contributed by atoms with Crippen LogP contribution in [0.25, 0.3) is 0 Å². The predicted molar refractivity (Wildman–Crippen MR) is 120 cm³/mol. The normalized spacial score (nSPS) is 17.6. The molecule has 0 unspecified atom stereocenters. The van der Waals surface area contributed by atoms with Gasteiger partial charge in [0.15, 0.2) is 0 Å². The van der Waals surface area contributed by atoms with E-state index in [-0.39, 0.29) is 17.1 Å². The SMILES string of the molecule is COc1ccc(CCN2CCCN(CCc3ccccn3)CCC2)cc1.F[P-](F)(F)(F)(F)F.[Cu+]. The van der Waals surface area contributed by atoms with Crippen LogP contribution >= 0.6 is 7.81 Å².